The largest absolute Gasteiger partial charge is 0.435 e. The summed E-state index contributed by atoms with van der Waals surface area (Å²) in [5.41, 5.74) is 1.66. The fraction of sp³-hybridized carbons (Fsp3) is 0.0909. The number of nitro groups is 1. The number of nitro benzene ring substituents is 1. The molecule has 8 nitrogen and oxygen atoms in total. The van der Waals surface area contributed by atoms with Gasteiger partial charge in [-0.2, -0.15) is 4.39 Å². The second-order valence-corrected chi connectivity index (χ2v) is 3.89. The first-order chi connectivity index (χ1) is 9.93. The van der Waals surface area contributed by atoms with Gasteiger partial charge in [-0.15, -0.1) is 0 Å². The lowest BCUT2D eigenvalue weighted by molar-refractivity contribution is -0.387. The second-order valence-electron chi connectivity index (χ2n) is 3.89. The van der Waals surface area contributed by atoms with Crippen LogP contribution in [0, 0.1) is 28.7 Å². The third-order valence-electron chi connectivity index (χ3n) is 2.58. The molecule has 0 aliphatic carbocycles. The van der Waals surface area contributed by atoms with Crippen LogP contribution in [0.4, 0.5) is 20.3 Å². The number of hydrazine groups is 1. The minimum Gasteiger partial charge on any atom is -0.435 e. The van der Waals surface area contributed by atoms with Gasteiger partial charge < -0.3 is 10.2 Å². The minimum atomic E-state index is -1.22. The average Bonchev–Trinajstić information content (AvgIpc) is 2.44. The third kappa shape index (κ3) is 2.84. The van der Waals surface area contributed by atoms with Gasteiger partial charge in [-0.3, -0.25) is 10.1 Å². The number of nitrogen functional groups attached to an aromatic ring is 1. The zero-order valence-corrected chi connectivity index (χ0v) is 10.6. The van der Waals surface area contributed by atoms with E-state index in [0.29, 0.717) is 17.7 Å². The van der Waals surface area contributed by atoms with Crippen molar-refractivity contribution in [3.05, 3.63) is 45.8 Å². The fourth-order valence-corrected chi connectivity index (χ4v) is 1.52. The van der Waals surface area contributed by atoms with Crippen LogP contribution in [-0.4, -0.2) is 14.9 Å². The molecule has 0 saturated heterocycles. The van der Waals surface area contributed by atoms with Crippen molar-refractivity contribution < 1.29 is 18.4 Å². The summed E-state index contributed by atoms with van der Waals surface area (Å²) in [6.45, 7) is 1.55. The molecule has 0 radical (unpaired) electrons. The predicted octanol–water partition coefficient (Wildman–Crippen LogP) is 2.05. The lowest BCUT2D eigenvalue weighted by Crippen LogP contribution is -2.11. The first-order valence-corrected chi connectivity index (χ1v) is 5.53. The molecule has 0 bridgehead atoms. The number of nitrogens with two attached hydrogens (primary N) is 1. The van der Waals surface area contributed by atoms with Crippen LogP contribution >= 0.6 is 0 Å². The van der Waals surface area contributed by atoms with Crippen molar-refractivity contribution in [1.82, 2.24) is 9.97 Å². The van der Waals surface area contributed by atoms with Gasteiger partial charge in [0.1, 0.15) is 12.1 Å². The summed E-state index contributed by atoms with van der Waals surface area (Å²) in [7, 11) is 0. The topological polar surface area (TPSA) is 116 Å². The Labute approximate surface area is 116 Å². The molecule has 1 aromatic carbocycles. The third-order valence-corrected chi connectivity index (χ3v) is 2.58. The Balaban J connectivity index is 2.41. The van der Waals surface area contributed by atoms with Crippen molar-refractivity contribution >= 4 is 11.5 Å². The molecule has 3 N–H and O–H groups in total. The summed E-state index contributed by atoms with van der Waals surface area (Å²) < 4.78 is 32.3. The highest BCUT2D eigenvalue weighted by molar-refractivity contribution is 5.48. The van der Waals surface area contributed by atoms with E-state index in [9.17, 15) is 18.9 Å². The lowest BCUT2D eigenvalue weighted by atomic mass is 10.2. The van der Waals surface area contributed by atoms with Crippen molar-refractivity contribution in [3.8, 4) is 11.6 Å². The number of nitrogens with zero attached hydrogens (tertiary/aromatic N) is 3. The molecule has 0 saturated carbocycles. The molecule has 2 rings (SSSR count). The standard InChI is InChI=1S/C11H9F2N5O3/c1-5-10(17-14)15-4-16-11(5)21-9-3-6(12)8(18(19)20)2-7(9)13/h2-4H,14H2,1H3,(H,15,16,17). The lowest BCUT2D eigenvalue weighted by Gasteiger charge is -2.10. The van der Waals surface area contributed by atoms with E-state index in [-0.39, 0.29) is 11.7 Å². The van der Waals surface area contributed by atoms with Gasteiger partial charge in [0.2, 0.25) is 11.7 Å². The smallest absolute Gasteiger partial charge is 0.307 e. The van der Waals surface area contributed by atoms with Gasteiger partial charge in [-0.05, 0) is 6.92 Å². The Morgan fingerprint density at radius 1 is 1.33 bits per heavy atom. The van der Waals surface area contributed by atoms with E-state index in [1.165, 1.54) is 0 Å². The summed E-state index contributed by atoms with van der Waals surface area (Å²) in [6, 6.07) is 1.01. The number of anilines is 1. The first kappa shape index (κ1) is 14.5. The predicted molar refractivity (Wildman–Crippen MR) is 67.7 cm³/mol. The highest BCUT2D eigenvalue weighted by Crippen LogP contribution is 2.31. The molecule has 2 aromatic rings. The summed E-state index contributed by atoms with van der Waals surface area (Å²) in [6.07, 6.45) is 1.11. The highest BCUT2D eigenvalue weighted by Gasteiger charge is 2.20. The van der Waals surface area contributed by atoms with Gasteiger partial charge in [-0.25, -0.2) is 20.2 Å². The van der Waals surface area contributed by atoms with Gasteiger partial charge >= 0.3 is 5.69 Å². The Morgan fingerprint density at radius 2 is 2.05 bits per heavy atom. The van der Waals surface area contributed by atoms with E-state index in [4.69, 9.17) is 10.6 Å². The van der Waals surface area contributed by atoms with Crippen molar-refractivity contribution in [2.45, 2.75) is 6.92 Å². The molecule has 110 valence electrons. The van der Waals surface area contributed by atoms with E-state index in [2.05, 4.69) is 15.4 Å². The number of hydrogen-bond donors (Lipinski definition) is 2. The molecule has 0 fully saturated rings. The Bertz CT molecular complexity index is 710. The molecule has 0 unspecified atom stereocenters. The number of benzene rings is 1. The molecule has 1 heterocycles. The molecule has 1 aromatic heterocycles. The van der Waals surface area contributed by atoms with Crippen LogP contribution in [0.15, 0.2) is 18.5 Å². The van der Waals surface area contributed by atoms with E-state index >= 15 is 0 Å². The molecule has 0 aliphatic rings. The summed E-state index contributed by atoms with van der Waals surface area (Å²) >= 11 is 0. The highest BCUT2D eigenvalue weighted by atomic mass is 19.1. The molecular weight excluding hydrogens is 288 g/mol. The molecule has 21 heavy (non-hydrogen) atoms. The molecule has 0 spiro atoms. The zero-order valence-electron chi connectivity index (χ0n) is 10.6. The maximum Gasteiger partial charge on any atom is 0.307 e. The Morgan fingerprint density at radius 3 is 2.67 bits per heavy atom. The Hall–Kier alpha value is -2.88. The maximum absolute atomic E-state index is 13.7. The van der Waals surface area contributed by atoms with Crippen LogP contribution in [0.1, 0.15) is 5.56 Å². The SMILES string of the molecule is Cc1c(NN)ncnc1Oc1cc(F)c([N+](=O)[O-])cc1F. The Kier molecular flexibility index (Phi) is 3.89. The molecule has 0 amide bonds. The number of nitrogens with one attached hydrogen (secondary N) is 1. The number of hydrogen-bond acceptors (Lipinski definition) is 7. The number of ether oxygens (including phenoxy) is 1. The monoisotopic (exact) mass is 297 g/mol. The normalized spacial score (nSPS) is 10.3. The first-order valence-electron chi connectivity index (χ1n) is 5.53. The average molecular weight is 297 g/mol. The van der Waals surface area contributed by atoms with Crippen LogP contribution in [-0.2, 0) is 0 Å². The zero-order chi connectivity index (χ0) is 15.6. The van der Waals surface area contributed by atoms with Gasteiger partial charge in [0, 0.05) is 6.07 Å². The van der Waals surface area contributed by atoms with Crippen LogP contribution in [0.3, 0.4) is 0 Å². The van der Waals surface area contributed by atoms with Crippen LogP contribution in [0.5, 0.6) is 11.6 Å². The van der Waals surface area contributed by atoms with Gasteiger partial charge in [0.15, 0.2) is 11.6 Å². The number of aromatic nitrogens is 2. The number of halogens is 2. The van der Waals surface area contributed by atoms with E-state index in [1.54, 1.807) is 6.92 Å². The molecular formula is C11H9F2N5O3. The van der Waals surface area contributed by atoms with Crippen molar-refractivity contribution in [2.75, 3.05) is 5.43 Å². The van der Waals surface area contributed by atoms with E-state index in [1.807, 2.05) is 0 Å². The van der Waals surface area contributed by atoms with Gasteiger partial charge in [0.25, 0.3) is 0 Å². The molecule has 0 aliphatic heterocycles. The van der Waals surface area contributed by atoms with E-state index < -0.39 is 28.0 Å². The van der Waals surface area contributed by atoms with Gasteiger partial charge in [0.05, 0.1) is 16.6 Å². The fourth-order valence-electron chi connectivity index (χ4n) is 1.52. The summed E-state index contributed by atoms with van der Waals surface area (Å²) in [4.78, 5) is 17.0. The van der Waals surface area contributed by atoms with Crippen molar-refractivity contribution in [3.63, 3.8) is 0 Å². The second kappa shape index (κ2) is 5.63. The molecule has 0 atom stereocenters. The van der Waals surface area contributed by atoms with Crippen LogP contribution in [0.25, 0.3) is 0 Å². The van der Waals surface area contributed by atoms with Crippen molar-refractivity contribution in [1.29, 1.82) is 0 Å². The minimum absolute atomic E-state index is 0.0647. The summed E-state index contributed by atoms with van der Waals surface area (Å²) in [5.74, 6) is 2.53. The van der Waals surface area contributed by atoms with E-state index in [0.717, 1.165) is 6.33 Å². The van der Waals surface area contributed by atoms with Crippen LogP contribution < -0.4 is 16.0 Å². The summed E-state index contributed by atoms with van der Waals surface area (Å²) in [5, 5.41) is 10.5. The molecule has 10 heteroatoms. The quantitative estimate of drug-likeness (QED) is 0.504. The number of rotatable bonds is 4. The van der Waals surface area contributed by atoms with Gasteiger partial charge in [-0.1, -0.05) is 0 Å². The maximum atomic E-state index is 13.7. The van der Waals surface area contributed by atoms with Crippen LogP contribution in [0.2, 0.25) is 0 Å². The van der Waals surface area contributed by atoms with Crippen molar-refractivity contribution in [2.24, 2.45) is 5.84 Å².